The third-order valence-electron chi connectivity index (χ3n) is 5.02. The Bertz CT molecular complexity index is 972. The maximum atomic E-state index is 13.2. The lowest BCUT2D eigenvalue weighted by molar-refractivity contribution is -0.116. The van der Waals surface area contributed by atoms with E-state index in [0.717, 1.165) is 36.3 Å². The van der Waals surface area contributed by atoms with E-state index in [0.29, 0.717) is 18.2 Å². The van der Waals surface area contributed by atoms with Crippen molar-refractivity contribution in [2.45, 2.75) is 44.1 Å². The monoisotopic (exact) mass is 423 g/mol. The Balaban J connectivity index is 1.46. The number of rotatable bonds is 8. The van der Waals surface area contributed by atoms with Gasteiger partial charge in [-0.15, -0.1) is 5.10 Å². The maximum Gasteiger partial charge on any atom is 0.237 e. The third-order valence-corrected chi connectivity index (χ3v) is 5.96. The molecule has 4 rings (SSSR count). The summed E-state index contributed by atoms with van der Waals surface area (Å²) in [5.74, 6) is 0.272. The lowest BCUT2D eigenvalue weighted by atomic mass is 10.1. The van der Waals surface area contributed by atoms with E-state index in [9.17, 15) is 4.79 Å². The molecule has 3 aromatic rings. The number of ether oxygens (including phenoxy) is 1. The number of carbonyl (C=O) groups excluding carboxylic acids is 1. The Morgan fingerprint density at radius 3 is 2.87 bits per heavy atom. The fourth-order valence-corrected chi connectivity index (χ4v) is 4.25. The number of nitrogens with zero attached hydrogens (tertiary/aromatic N) is 5. The summed E-state index contributed by atoms with van der Waals surface area (Å²) < 4.78 is 7.42. The minimum absolute atomic E-state index is 0.0149. The van der Waals surface area contributed by atoms with Gasteiger partial charge in [0.1, 0.15) is 0 Å². The van der Waals surface area contributed by atoms with E-state index >= 15 is 0 Å². The second-order valence-corrected chi connectivity index (χ2v) is 8.31. The van der Waals surface area contributed by atoms with Crippen LogP contribution in [-0.2, 0) is 22.6 Å². The van der Waals surface area contributed by atoms with Gasteiger partial charge in [0, 0.05) is 12.3 Å². The van der Waals surface area contributed by atoms with Gasteiger partial charge in [0.25, 0.3) is 0 Å². The SMILES string of the molecule is Cc1cccc(N(Cc2ccccc2)C(=O)CSc2nnnn2C[C@@H]2CCCO2)c1. The number of hydrogen-bond acceptors (Lipinski definition) is 6. The van der Waals surface area contributed by atoms with Gasteiger partial charge in [0.2, 0.25) is 11.1 Å². The van der Waals surface area contributed by atoms with E-state index in [-0.39, 0.29) is 17.8 Å². The van der Waals surface area contributed by atoms with Crippen molar-refractivity contribution in [3.05, 3.63) is 65.7 Å². The molecule has 0 bridgehead atoms. The summed E-state index contributed by atoms with van der Waals surface area (Å²) in [4.78, 5) is 15.0. The molecule has 1 atom stereocenters. The molecule has 30 heavy (non-hydrogen) atoms. The molecular formula is C22H25N5O2S. The summed E-state index contributed by atoms with van der Waals surface area (Å²) in [5, 5.41) is 12.6. The van der Waals surface area contributed by atoms with E-state index in [1.54, 1.807) is 4.68 Å². The van der Waals surface area contributed by atoms with Gasteiger partial charge in [-0.1, -0.05) is 54.2 Å². The van der Waals surface area contributed by atoms with Crippen molar-refractivity contribution in [3.8, 4) is 0 Å². The summed E-state index contributed by atoms with van der Waals surface area (Å²) in [6.07, 6.45) is 2.23. The number of benzene rings is 2. The minimum atomic E-state index is 0.0149. The molecule has 0 radical (unpaired) electrons. The Hall–Kier alpha value is -2.71. The smallest absolute Gasteiger partial charge is 0.237 e. The van der Waals surface area contributed by atoms with Gasteiger partial charge in [-0.25, -0.2) is 4.68 Å². The molecule has 2 aromatic carbocycles. The van der Waals surface area contributed by atoms with Gasteiger partial charge >= 0.3 is 0 Å². The topological polar surface area (TPSA) is 73.1 Å². The fourth-order valence-electron chi connectivity index (χ4n) is 3.49. The number of hydrogen-bond donors (Lipinski definition) is 0. The number of aryl methyl sites for hydroxylation is 1. The van der Waals surface area contributed by atoms with E-state index in [1.165, 1.54) is 11.8 Å². The summed E-state index contributed by atoms with van der Waals surface area (Å²) in [6, 6.07) is 18.0. The molecule has 1 amide bonds. The van der Waals surface area contributed by atoms with Crippen molar-refractivity contribution >= 4 is 23.4 Å². The Labute approximate surface area is 180 Å². The maximum absolute atomic E-state index is 13.2. The van der Waals surface area contributed by atoms with Crippen LogP contribution in [0.5, 0.6) is 0 Å². The molecular weight excluding hydrogens is 398 g/mol. The van der Waals surface area contributed by atoms with Crippen LogP contribution in [0, 0.1) is 6.92 Å². The van der Waals surface area contributed by atoms with Crippen LogP contribution < -0.4 is 4.90 Å². The Morgan fingerprint density at radius 1 is 1.23 bits per heavy atom. The zero-order chi connectivity index (χ0) is 20.8. The van der Waals surface area contributed by atoms with Crippen LogP contribution >= 0.6 is 11.8 Å². The molecule has 1 saturated heterocycles. The van der Waals surface area contributed by atoms with Gasteiger partial charge in [-0.05, 0) is 53.5 Å². The second-order valence-electron chi connectivity index (χ2n) is 7.37. The highest BCUT2D eigenvalue weighted by Crippen LogP contribution is 2.23. The quantitative estimate of drug-likeness (QED) is 0.517. The normalized spacial score (nSPS) is 16.0. The average molecular weight is 424 g/mol. The number of aromatic nitrogens is 4. The molecule has 1 aromatic heterocycles. The predicted molar refractivity (Wildman–Crippen MR) is 116 cm³/mol. The molecule has 8 heteroatoms. The molecule has 0 spiro atoms. The van der Waals surface area contributed by atoms with Crippen LogP contribution in [0.1, 0.15) is 24.0 Å². The van der Waals surface area contributed by atoms with E-state index in [4.69, 9.17) is 4.74 Å². The Morgan fingerprint density at radius 2 is 2.10 bits per heavy atom. The van der Waals surface area contributed by atoms with Crippen LogP contribution in [0.4, 0.5) is 5.69 Å². The van der Waals surface area contributed by atoms with Crippen molar-refractivity contribution in [3.63, 3.8) is 0 Å². The number of thioether (sulfide) groups is 1. The molecule has 0 saturated carbocycles. The van der Waals surface area contributed by atoms with Gasteiger partial charge in [0.15, 0.2) is 0 Å². The fraction of sp³-hybridized carbons (Fsp3) is 0.364. The number of anilines is 1. The van der Waals surface area contributed by atoms with E-state index in [1.807, 2.05) is 66.4 Å². The molecule has 1 aliphatic heterocycles. The molecule has 1 aliphatic rings. The minimum Gasteiger partial charge on any atom is -0.376 e. The molecule has 7 nitrogen and oxygen atoms in total. The number of tetrazole rings is 1. The highest BCUT2D eigenvalue weighted by molar-refractivity contribution is 7.99. The zero-order valence-corrected chi connectivity index (χ0v) is 17.8. The highest BCUT2D eigenvalue weighted by atomic mass is 32.2. The number of amides is 1. The van der Waals surface area contributed by atoms with Crippen LogP contribution in [0.15, 0.2) is 59.8 Å². The summed E-state index contributed by atoms with van der Waals surface area (Å²) in [6.45, 7) is 3.96. The summed E-state index contributed by atoms with van der Waals surface area (Å²) >= 11 is 1.36. The number of carbonyl (C=O) groups is 1. The van der Waals surface area contributed by atoms with Crippen LogP contribution in [0.3, 0.4) is 0 Å². The lowest BCUT2D eigenvalue weighted by Crippen LogP contribution is -2.32. The molecule has 156 valence electrons. The molecule has 1 fully saturated rings. The van der Waals surface area contributed by atoms with Crippen molar-refractivity contribution in [1.82, 2.24) is 20.2 Å². The van der Waals surface area contributed by atoms with Crippen LogP contribution in [-0.4, -0.2) is 44.6 Å². The summed E-state index contributed by atoms with van der Waals surface area (Å²) in [5.41, 5.74) is 3.09. The second kappa shape index (κ2) is 9.86. The van der Waals surface area contributed by atoms with Crippen molar-refractivity contribution in [1.29, 1.82) is 0 Å². The van der Waals surface area contributed by atoms with Crippen molar-refractivity contribution in [2.75, 3.05) is 17.3 Å². The molecule has 0 aliphatic carbocycles. The van der Waals surface area contributed by atoms with E-state index in [2.05, 4.69) is 15.5 Å². The first-order valence-electron chi connectivity index (χ1n) is 10.1. The average Bonchev–Trinajstić information content (AvgIpc) is 3.43. The Kier molecular flexibility index (Phi) is 6.76. The summed E-state index contributed by atoms with van der Waals surface area (Å²) in [7, 11) is 0. The highest BCUT2D eigenvalue weighted by Gasteiger charge is 2.21. The lowest BCUT2D eigenvalue weighted by Gasteiger charge is -2.23. The van der Waals surface area contributed by atoms with Crippen LogP contribution in [0.25, 0.3) is 0 Å². The third kappa shape index (κ3) is 5.25. The van der Waals surface area contributed by atoms with Gasteiger partial charge < -0.3 is 9.64 Å². The largest absolute Gasteiger partial charge is 0.376 e. The van der Waals surface area contributed by atoms with Gasteiger partial charge in [-0.2, -0.15) is 0 Å². The first-order chi connectivity index (χ1) is 14.7. The predicted octanol–water partition coefficient (Wildman–Crippen LogP) is 3.49. The van der Waals surface area contributed by atoms with E-state index < -0.39 is 0 Å². The zero-order valence-electron chi connectivity index (χ0n) is 17.0. The van der Waals surface area contributed by atoms with Crippen molar-refractivity contribution < 1.29 is 9.53 Å². The van der Waals surface area contributed by atoms with Crippen LogP contribution in [0.2, 0.25) is 0 Å². The molecule has 0 unspecified atom stereocenters. The molecule has 2 heterocycles. The standard InChI is InChI=1S/C22H25N5O2S/c1-17-7-5-10-19(13-17)26(14-18-8-3-2-4-9-18)21(28)16-30-22-23-24-25-27(22)15-20-11-6-12-29-20/h2-5,7-10,13,20H,6,11-12,14-16H2,1H3/t20-/m0/s1. The van der Waals surface area contributed by atoms with Crippen molar-refractivity contribution in [2.24, 2.45) is 0 Å². The van der Waals surface area contributed by atoms with Gasteiger partial charge in [0.05, 0.1) is 24.9 Å². The van der Waals surface area contributed by atoms with Gasteiger partial charge in [-0.3, -0.25) is 4.79 Å². The first kappa shape index (κ1) is 20.6. The first-order valence-corrected chi connectivity index (χ1v) is 11.1. The molecule has 0 N–H and O–H groups in total.